The Hall–Kier alpha value is -1.38. The Labute approximate surface area is 64.6 Å². The lowest BCUT2D eigenvalue weighted by molar-refractivity contribution is 0.282. The molecule has 58 valence electrons. The summed E-state index contributed by atoms with van der Waals surface area (Å²) in [6.07, 6.45) is 6.36. The van der Waals surface area contributed by atoms with Gasteiger partial charge in [0.2, 0.25) is 0 Å². The van der Waals surface area contributed by atoms with Gasteiger partial charge in [-0.25, -0.2) is 0 Å². The highest BCUT2D eigenvalue weighted by Crippen LogP contribution is 2.35. The molecular formula is C8H9NO2. The predicted octanol–water partition coefficient (Wildman–Crippen LogP) is 2.04. The Morgan fingerprint density at radius 2 is 2.00 bits per heavy atom. The van der Waals surface area contributed by atoms with Crippen LogP contribution in [0, 0.1) is 0 Å². The van der Waals surface area contributed by atoms with Crippen LogP contribution in [0.1, 0.15) is 13.3 Å². The summed E-state index contributed by atoms with van der Waals surface area (Å²) in [7, 11) is 0. The number of allylic oxidation sites excluding steroid dienone is 1. The topological polar surface area (TPSA) is 34.2 Å². The molecule has 11 heavy (non-hydrogen) atoms. The number of ether oxygens (including phenoxy) is 2. The average Bonchev–Trinajstić information content (AvgIpc) is 2.46. The minimum absolute atomic E-state index is 0.589. The van der Waals surface area contributed by atoms with Gasteiger partial charge in [-0.05, 0) is 12.5 Å². The van der Waals surface area contributed by atoms with E-state index in [2.05, 4.69) is 4.98 Å². The first kappa shape index (κ1) is 6.34. The molecule has 3 nitrogen and oxygen atoms in total. The van der Waals surface area contributed by atoms with Crippen LogP contribution in [0.15, 0.2) is 24.4 Å². The Morgan fingerprint density at radius 1 is 1.36 bits per heavy atom. The fourth-order valence-corrected chi connectivity index (χ4v) is 0.982. The third-order valence-corrected chi connectivity index (χ3v) is 1.46. The van der Waals surface area contributed by atoms with Crippen molar-refractivity contribution >= 4 is 0 Å². The molecule has 0 saturated heterocycles. The van der Waals surface area contributed by atoms with Crippen LogP contribution in [-0.4, -0.2) is 4.98 Å². The molecule has 0 aliphatic carbocycles. The summed E-state index contributed by atoms with van der Waals surface area (Å²) >= 11 is 0. The molecular weight excluding hydrogens is 142 g/mol. The summed E-state index contributed by atoms with van der Waals surface area (Å²) in [5.41, 5.74) is 0. The Morgan fingerprint density at radius 3 is 2.55 bits per heavy atom. The molecule has 1 aromatic heterocycles. The largest absolute Gasteiger partial charge is 0.421 e. The molecule has 0 saturated carbocycles. The maximum Gasteiger partial charge on any atom is 0.286 e. The van der Waals surface area contributed by atoms with Gasteiger partial charge in [0.25, 0.3) is 5.95 Å². The van der Waals surface area contributed by atoms with E-state index in [0.717, 1.165) is 17.9 Å². The molecule has 3 heteroatoms. The first-order valence-corrected chi connectivity index (χ1v) is 3.63. The molecule has 0 bridgehead atoms. The van der Waals surface area contributed by atoms with Gasteiger partial charge < -0.3 is 14.5 Å². The molecule has 1 aromatic rings. The third kappa shape index (κ3) is 0.981. The number of fused-ring (bicyclic) bond motifs is 1. The highest BCUT2D eigenvalue weighted by molar-refractivity contribution is 5.42. The molecule has 0 atom stereocenters. The summed E-state index contributed by atoms with van der Waals surface area (Å²) in [4.78, 5) is 2.89. The number of aromatic nitrogens is 1. The number of aromatic amines is 1. The van der Waals surface area contributed by atoms with Crippen LogP contribution in [0.25, 0.3) is 0 Å². The Bertz CT molecular complexity index is 266. The van der Waals surface area contributed by atoms with E-state index in [1.807, 2.05) is 13.0 Å². The molecule has 1 aliphatic rings. The van der Waals surface area contributed by atoms with Crippen molar-refractivity contribution in [1.82, 2.24) is 4.98 Å². The van der Waals surface area contributed by atoms with E-state index in [9.17, 15) is 0 Å². The molecule has 0 amide bonds. The molecule has 2 rings (SSSR count). The minimum Gasteiger partial charge on any atom is -0.421 e. The van der Waals surface area contributed by atoms with E-state index in [1.165, 1.54) is 0 Å². The van der Waals surface area contributed by atoms with Gasteiger partial charge >= 0.3 is 0 Å². The van der Waals surface area contributed by atoms with E-state index in [1.54, 1.807) is 12.4 Å². The van der Waals surface area contributed by atoms with Gasteiger partial charge in [-0.2, -0.15) is 0 Å². The third-order valence-electron chi connectivity index (χ3n) is 1.46. The van der Waals surface area contributed by atoms with Gasteiger partial charge in [0.1, 0.15) is 0 Å². The first-order chi connectivity index (χ1) is 5.40. The zero-order chi connectivity index (χ0) is 7.68. The molecule has 0 radical (unpaired) electrons. The lowest BCUT2D eigenvalue weighted by atomic mass is 10.5. The van der Waals surface area contributed by atoms with E-state index >= 15 is 0 Å². The molecule has 0 aromatic carbocycles. The van der Waals surface area contributed by atoms with Crippen LogP contribution in [0.4, 0.5) is 0 Å². The molecule has 0 unspecified atom stereocenters. The monoisotopic (exact) mass is 151 g/mol. The normalized spacial score (nSPS) is 13.7. The number of hydrogen-bond acceptors (Lipinski definition) is 2. The van der Waals surface area contributed by atoms with Crippen LogP contribution in [-0.2, 0) is 0 Å². The smallest absolute Gasteiger partial charge is 0.286 e. The van der Waals surface area contributed by atoms with Gasteiger partial charge in [-0.3, -0.25) is 0 Å². The van der Waals surface area contributed by atoms with E-state index in [0.29, 0.717) is 5.95 Å². The van der Waals surface area contributed by atoms with Crippen LogP contribution < -0.4 is 9.47 Å². The highest BCUT2D eigenvalue weighted by Gasteiger charge is 2.18. The lowest BCUT2D eigenvalue weighted by Gasteiger charge is -1.94. The van der Waals surface area contributed by atoms with Crippen molar-refractivity contribution in [3.8, 4) is 11.5 Å². The number of hydrogen-bond donors (Lipinski definition) is 1. The maximum absolute atomic E-state index is 5.29. The zero-order valence-corrected chi connectivity index (χ0v) is 6.26. The van der Waals surface area contributed by atoms with Crippen LogP contribution >= 0.6 is 0 Å². The summed E-state index contributed by atoms with van der Waals surface area (Å²) in [5.74, 6) is 2.13. The highest BCUT2D eigenvalue weighted by atomic mass is 16.7. The van der Waals surface area contributed by atoms with Gasteiger partial charge in [-0.15, -0.1) is 0 Å². The summed E-state index contributed by atoms with van der Waals surface area (Å²) in [6.45, 7) is 2.04. The predicted molar refractivity (Wildman–Crippen MR) is 40.4 cm³/mol. The van der Waals surface area contributed by atoms with E-state index in [-0.39, 0.29) is 0 Å². The summed E-state index contributed by atoms with van der Waals surface area (Å²) in [5, 5.41) is 0. The van der Waals surface area contributed by atoms with Crippen molar-refractivity contribution in [2.24, 2.45) is 0 Å². The lowest BCUT2D eigenvalue weighted by Crippen LogP contribution is -1.93. The van der Waals surface area contributed by atoms with Crippen molar-refractivity contribution in [1.29, 1.82) is 0 Å². The van der Waals surface area contributed by atoms with Crippen LogP contribution in [0.5, 0.6) is 11.5 Å². The van der Waals surface area contributed by atoms with Gasteiger partial charge in [-0.1, -0.05) is 6.92 Å². The number of nitrogens with one attached hydrogen (secondary N) is 1. The molecule has 1 aliphatic heterocycles. The van der Waals surface area contributed by atoms with Crippen molar-refractivity contribution in [2.75, 3.05) is 0 Å². The maximum atomic E-state index is 5.29. The van der Waals surface area contributed by atoms with Gasteiger partial charge in [0.15, 0.2) is 11.5 Å². The summed E-state index contributed by atoms with van der Waals surface area (Å²) < 4.78 is 10.6. The van der Waals surface area contributed by atoms with E-state index in [4.69, 9.17) is 9.47 Å². The zero-order valence-electron chi connectivity index (χ0n) is 6.26. The quantitative estimate of drug-likeness (QED) is 0.666. The fourth-order valence-electron chi connectivity index (χ4n) is 0.982. The second-order valence-corrected chi connectivity index (χ2v) is 2.32. The number of rotatable bonds is 1. The Kier molecular flexibility index (Phi) is 1.35. The van der Waals surface area contributed by atoms with Crippen LogP contribution in [0.2, 0.25) is 0 Å². The van der Waals surface area contributed by atoms with Crippen molar-refractivity contribution in [3.05, 3.63) is 24.4 Å². The van der Waals surface area contributed by atoms with Crippen LogP contribution in [0.3, 0.4) is 0 Å². The average molecular weight is 151 g/mol. The second kappa shape index (κ2) is 2.34. The standard InChI is InChI=1S/C8H9NO2/c1-2-3-8-10-6-4-9-5-7(6)11-8/h3-5,9H,2H2,1H3. The van der Waals surface area contributed by atoms with E-state index < -0.39 is 0 Å². The van der Waals surface area contributed by atoms with Gasteiger partial charge in [0, 0.05) is 12.4 Å². The first-order valence-electron chi connectivity index (χ1n) is 3.63. The number of H-pyrrole nitrogens is 1. The summed E-state index contributed by atoms with van der Waals surface area (Å²) in [6, 6.07) is 0. The second-order valence-electron chi connectivity index (χ2n) is 2.32. The van der Waals surface area contributed by atoms with Crippen molar-refractivity contribution in [3.63, 3.8) is 0 Å². The van der Waals surface area contributed by atoms with Crippen molar-refractivity contribution < 1.29 is 9.47 Å². The minimum atomic E-state index is 0.589. The fraction of sp³-hybridized carbons (Fsp3) is 0.250. The molecule has 0 fully saturated rings. The molecule has 2 heterocycles. The SMILES string of the molecule is CCC=C1Oc2c[nH]cc2O1. The van der Waals surface area contributed by atoms with Crippen molar-refractivity contribution in [2.45, 2.75) is 13.3 Å². The van der Waals surface area contributed by atoms with Gasteiger partial charge in [0.05, 0.1) is 0 Å². The molecule has 0 spiro atoms. The Balaban J connectivity index is 2.22. The molecule has 1 N–H and O–H groups in total.